The van der Waals surface area contributed by atoms with Crippen molar-refractivity contribution < 1.29 is 14.3 Å². The average Bonchev–Trinajstić information content (AvgIpc) is 2.72. The number of hydrogen-bond acceptors (Lipinski definition) is 4. The average molecular weight is 373 g/mol. The lowest BCUT2D eigenvalue weighted by atomic mass is 9.73. The number of para-hydroxylation sites is 1. The first kappa shape index (κ1) is 19.7. The van der Waals surface area contributed by atoms with Crippen molar-refractivity contribution in [2.24, 2.45) is 11.1 Å². The van der Waals surface area contributed by atoms with Crippen LogP contribution < -0.4 is 15.8 Å². The highest BCUT2D eigenvalue weighted by molar-refractivity contribution is 5.83. The minimum atomic E-state index is -0.369. The molecule has 0 unspecified atom stereocenters. The topological polar surface area (TPSA) is 84.7 Å². The number of likely N-dealkylation sites (tertiary alicyclic amines) is 1. The van der Waals surface area contributed by atoms with Gasteiger partial charge >= 0.3 is 0 Å². The quantitative estimate of drug-likeness (QED) is 0.787. The molecule has 1 spiro atoms. The van der Waals surface area contributed by atoms with E-state index >= 15 is 0 Å². The molecule has 3 rings (SSSR count). The predicted molar refractivity (Wildman–Crippen MR) is 104 cm³/mol. The van der Waals surface area contributed by atoms with E-state index in [1.54, 1.807) is 4.90 Å². The van der Waals surface area contributed by atoms with Gasteiger partial charge in [-0.2, -0.15) is 0 Å². The van der Waals surface area contributed by atoms with Gasteiger partial charge in [0.1, 0.15) is 12.4 Å². The molecule has 6 nitrogen and oxygen atoms in total. The summed E-state index contributed by atoms with van der Waals surface area (Å²) in [7, 11) is 0. The third kappa shape index (κ3) is 4.80. The maximum absolute atomic E-state index is 13.0. The molecule has 2 heterocycles. The normalized spacial score (nSPS) is 21.1. The van der Waals surface area contributed by atoms with Crippen molar-refractivity contribution in [3.63, 3.8) is 0 Å². The van der Waals surface area contributed by atoms with Gasteiger partial charge in [0.15, 0.2) is 0 Å². The number of ether oxygens (including phenoxy) is 1. The molecule has 1 aromatic carbocycles. The summed E-state index contributed by atoms with van der Waals surface area (Å²) in [6, 6.07) is 8.16. The zero-order chi connectivity index (χ0) is 19.1. The Kier molecular flexibility index (Phi) is 6.72. The summed E-state index contributed by atoms with van der Waals surface area (Å²) >= 11 is 0. The van der Waals surface area contributed by atoms with E-state index in [9.17, 15) is 9.59 Å². The minimum absolute atomic E-state index is 0.0268. The highest BCUT2D eigenvalue weighted by atomic mass is 16.5. The summed E-state index contributed by atoms with van der Waals surface area (Å²) in [5, 5.41) is 3.08. The lowest BCUT2D eigenvalue weighted by molar-refractivity contribution is -0.140. The Hall–Kier alpha value is -2.08. The van der Waals surface area contributed by atoms with Gasteiger partial charge in [-0.15, -0.1) is 0 Å². The molecule has 0 aliphatic carbocycles. The summed E-state index contributed by atoms with van der Waals surface area (Å²) in [5.41, 5.74) is 6.36. The molecule has 2 aliphatic heterocycles. The van der Waals surface area contributed by atoms with Crippen LogP contribution in [-0.4, -0.2) is 49.5 Å². The highest BCUT2D eigenvalue weighted by Crippen LogP contribution is 2.37. The van der Waals surface area contributed by atoms with E-state index in [1.165, 1.54) is 5.56 Å². The molecule has 27 heavy (non-hydrogen) atoms. The molecule has 148 valence electrons. The zero-order valence-electron chi connectivity index (χ0n) is 16.0. The minimum Gasteiger partial charge on any atom is -0.491 e. The van der Waals surface area contributed by atoms with Gasteiger partial charge in [0.2, 0.25) is 11.8 Å². The van der Waals surface area contributed by atoms with Crippen LogP contribution in [0.25, 0.3) is 0 Å². The number of nitrogens with two attached hydrogens (primary N) is 1. The smallest absolute Gasteiger partial charge is 0.236 e. The second-order valence-electron chi connectivity index (χ2n) is 7.64. The maximum Gasteiger partial charge on any atom is 0.236 e. The van der Waals surface area contributed by atoms with Crippen molar-refractivity contribution in [3.05, 3.63) is 29.8 Å². The van der Waals surface area contributed by atoms with Crippen LogP contribution in [0.5, 0.6) is 5.75 Å². The number of rotatable bonds is 1. The third-order valence-electron chi connectivity index (χ3n) is 5.95. The van der Waals surface area contributed by atoms with Crippen LogP contribution in [-0.2, 0) is 16.0 Å². The van der Waals surface area contributed by atoms with E-state index < -0.39 is 0 Å². The van der Waals surface area contributed by atoms with Gasteiger partial charge < -0.3 is 20.7 Å². The first-order valence-electron chi connectivity index (χ1n) is 10.1. The SMILES string of the molecule is NCC(=O)N1CCC2(CCCCCc3ccccc3OCCNC2=O)CC1. The van der Waals surface area contributed by atoms with Gasteiger partial charge in [-0.1, -0.05) is 31.0 Å². The highest BCUT2D eigenvalue weighted by Gasteiger charge is 2.41. The lowest BCUT2D eigenvalue weighted by Gasteiger charge is -2.40. The number of carbonyl (C=O) groups excluding carboxylic acids is 2. The van der Waals surface area contributed by atoms with Crippen molar-refractivity contribution in [3.8, 4) is 5.75 Å². The molecule has 0 radical (unpaired) electrons. The molecular formula is C21H31N3O3. The summed E-state index contributed by atoms with van der Waals surface area (Å²) in [5.74, 6) is 1.01. The lowest BCUT2D eigenvalue weighted by Crippen LogP contribution is -2.51. The number of aryl methyl sites for hydroxylation is 1. The third-order valence-corrected chi connectivity index (χ3v) is 5.95. The van der Waals surface area contributed by atoms with Crippen molar-refractivity contribution in [1.82, 2.24) is 10.2 Å². The molecule has 0 aromatic heterocycles. The van der Waals surface area contributed by atoms with Gasteiger partial charge in [-0.3, -0.25) is 9.59 Å². The Balaban J connectivity index is 1.65. The summed E-state index contributed by atoms with van der Waals surface area (Å²) < 4.78 is 5.91. The van der Waals surface area contributed by atoms with E-state index in [0.717, 1.165) is 37.9 Å². The fraction of sp³-hybridized carbons (Fsp3) is 0.619. The van der Waals surface area contributed by atoms with E-state index in [-0.39, 0.29) is 23.8 Å². The van der Waals surface area contributed by atoms with Crippen LogP contribution in [0.3, 0.4) is 0 Å². The largest absolute Gasteiger partial charge is 0.491 e. The standard InChI is InChI=1S/C21H31N3O3/c22-16-19(25)24-13-10-21(11-14-24)9-5-1-2-6-17-7-3-4-8-18(17)27-15-12-23-20(21)26/h3-4,7-8H,1-2,5-6,9-16,22H2,(H,23,26). The molecule has 0 atom stereocenters. The molecule has 0 bridgehead atoms. The predicted octanol–water partition coefficient (Wildman–Crippen LogP) is 1.87. The Labute approximate surface area is 161 Å². The molecule has 6 heteroatoms. The monoisotopic (exact) mass is 373 g/mol. The van der Waals surface area contributed by atoms with Crippen LogP contribution in [0, 0.1) is 5.41 Å². The van der Waals surface area contributed by atoms with Gasteiger partial charge in [-0.25, -0.2) is 0 Å². The molecule has 3 N–H and O–H groups in total. The number of piperidine rings is 1. The van der Waals surface area contributed by atoms with Crippen molar-refractivity contribution >= 4 is 11.8 Å². The molecular weight excluding hydrogens is 342 g/mol. The number of carbonyl (C=O) groups is 2. The molecule has 2 amide bonds. The van der Waals surface area contributed by atoms with Gasteiger partial charge in [0.05, 0.1) is 18.5 Å². The van der Waals surface area contributed by atoms with Gasteiger partial charge in [0.25, 0.3) is 0 Å². The summed E-state index contributed by atoms with van der Waals surface area (Å²) in [4.78, 5) is 26.6. The van der Waals surface area contributed by atoms with Gasteiger partial charge in [0, 0.05) is 13.1 Å². The molecule has 0 saturated carbocycles. The first-order chi connectivity index (χ1) is 13.1. The molecule has 1 fully saturated rings. The van der Waals surface area contributed by atoms with E-state index in [2.05, 4.69) is 11.4 Å². The molecule has 1 saturated heterocycles. The second kappa shape index (κ2) is 9.22. The first-order valence-corrected chi connectivity index (χ1v) is 10.1. The number of hydrogen-bond donors (Lipinski definition) is 2. The Bertz CT molecular complexity index is 654. The fourth-order valence-electron chi connectivity index (χ4n) is 4.22. The second-order valence-corrected chi connectivity index (χ2v) is 7.64. The van der Waals surface area contributed by atoms with Gasteiger partial charge in [-0.05, 0) is 43.7 Å². The number of amides is 2. The maximum atomic E-state index is 13.0. The van der Waals surface area contributed by atoms with E-state index in [1.807, 2.05) is 18.2 Å². The van der Waals surface area contributed by atoms with E-state index in [4.69, 9.17) is 10.5 Å². The summed E-state index contributed by atoms with van der Waals surface area (Å²) in [6.07, 6.45) is 6.53. The Morgan fingerprint density at radius 3 is 2.70 bits per heavy atom. The summed E-state index contributed by atoms with van der Waals surface area (Å²) in [6.45, 7) is 2.24. The Morgan fingerprint density at radius 1 is 1.15 bits per heavy atom. The number of fused-ring (bicyclic) bond motifs is 1. The van der Waals surface area contributed by atoms with Crippen molar-refractivity contribution in [2.45, 2.75) is 44.9 Å². The zero-order valence-corrected chi connectivity index (χ0v) is 16.0. The fourth-order valence-corrected chi connectivity index (χ4v) is 4.22. The van der Waals surface area contributed by atoms with Crippen LogP contribution in [0.2, 0.25) is 0 Å². The number of nitrogens with one attached hydrogen (secondary N) is 1. The van der Waals surface area contributed by atoms with Crippen molar-refractivity contribution in [2.75, 3.05) is 32.8 Å². The molecule has 1 aromatic rings. The van der Waals surface area contributed by atoms with Crippen LogP contribution in [0.15, 0.2) is 24.3 Å². The van der Waals surface area contributed by atoms with Crippen molar-refractivity contribution in [1.29, 1.82) is 0 Å². The molecule has 2 aliphatic rings. The van der Waals surface area contributed by atoms with Crippen LogP contribution in [0.4, 0.5) is 0 Å². The number of nitrogens with zero attached hydrogens (tertiary/aromatic N) is 1. The number of benzene rings is 1. The van der Waals surface area contributed by atoms with Crippen LogP contribution >= 0.6 is 0 Å². The Morgan fingerprint density at radius 2 is 1.93 bits per heavy atom. The van der Waals surface area contributed by atoms with E-state index in [0.29, 0.717) is 39.1 Å². The van der Waals surface area contributed by atoms with Crippen LogP contribution in [0.1, 0.15) is 44.1 Å².